The molecule has 0 spiro atoms. The zero-order chi connectivity index (χ0) is 7.98. The van der Waals surface area contributed by atoms with Crippen LogP contribution in [0, 0.1) is 0 Å². The van der Waals surface area contributed by atoms with Crippen LogP contribution in [-0.4, -0.2) is 13.6 Å². The van der Waals surface area contributed by atoms with Crippen LogP contribution >= 0.6 is 0 Å². The van der Waals surface area contributed by atoms with E-state index in [2.05, 4.69) is 38.2 Å². The fourth-order valence-corrected chi connectivity index (χ4v) is 0.777. The first kappa shape index (κ1) is 9.44. The Morgan fingerprint density at radius 3 is 2.30 bits per heavy atom. The Morgan fingerprint density at radius 1 is 1.30 bits per heavy atom. The minimum absolute atomic E-state index is 0.954. The standard InChI is InChI=1S/C9H17N/c1-8(2)7-9(3)5-6-10-4/h5,7,10H,6H2,1-4H3/b9-5-. The summed E-state index contributed by atoms with van der Waals surface area (Å²) < 4.78 is 0. The topological polar surface area (TPSA) is 12.0 Å². The van der Waals surface area contributed by atoms with Crippen molar-refractivity contribution >= 4 is 0 Å². The molecule has 0 aliphatic carbocycles. The Hall–Kier alpha value is -0.560. The van der Waals surface area contributed by atoms with Gasteiger partial charge in [0.25, 0.3) is 0 Å². The van der Waals surface area contributed by atoms with Crippen molar-refractivity contribution < 1.29 is 0 Å². The molecule has 0 aromatic carbocycles. The van der Waals surface area contributed by atoms with Crippen LogP contribution in [0.15, 0.2) is 23.3 Å². The lowest BCUT2D eigenvalue weighted by Crippen LogP contribution is -2.04. The number of hydrogen-bond acceptors (Lipinski definition) is 1. The molecule has 0 amide bonds. The van der Waals surface area contributed by atoms with Crippen molar-refractivity contribution in [3.8, 4) is 0 Å². The van der Waals surface area contributed by atoms with E-state index in [1.54, 1.807) is 0 Å². The number of hydrogen-bond donors (Lipinski definition) is 1. The molecule has 58 valence electrons. The summed E-state index contributed by atoms with van der Waals surface area (Å²) in [4.78, 5) is 0. The van der Waals surface area contributed by atoms with Gasteiger partial charge in [-0.15, -0.1) is 0 Å². The van der Waals surface area contributed by atoms with E-state index in [1.165, 1.54) is 11.1 Å². The average Bonchev–Trinajstić information content (AvgIpc) is 1.82. The minimum atomic E-state index is 0.954. The third kappa shape index (κ3) is 5.57. The smallest absolute Gasteiger partial charge is 0.0137 e. The van der Waals surface area contributed by atoms with Crippen molar-refractivity contribution in [1.82, 2.24) is 5.32 Å². The van der Waals surface area contributed by atoms with Crippen LogP contribution in [0.3, 0.4) is 0 Å². The lowest BCUT2D eigenvalue weighted by Gasteiger charge is -1.93. The Balaban J connectivity index is 3.82. The highest BCUT2D eigenvalue weighted by Crippen LogP contribution is 1.98. The molecule has 1 nitrogen and oxygen atoms in total. The van der Waals surface area contributed by atoms with Gasteiger partial charge in [0.15, 0.2) is 0 Å². The van der Waals surface area contributed by atoms with Crippen molar-refractivity contribution in [2.24, 2.45) is 0 Å². The summed E-state index contributed by atoms with van der Waals surface area (Å²) in [5, 5.41) is 3.07. The van der Waals surface area contributed by atoms with E-state index in [4.69, 9.17) is 0 Å². The fourth-order valence-electron chi connectivity index (χ4n) is 0.777. The lowest BCUT2D eigenvalue weighted by atomic mass is 10.2. The maximum absolute atomic E-state index is 3.07. The molecule has 0 aromatic heterocycles. The van der Waals surface area contributed by atoms with E-state index < -0.39 is 0 Å². The molecule has 0 aromatic rings. The predicted octanol–water partition coefficient (Wildman–Crippen LogP) is 2.12. The molecule has 0 bridgehead atoms. The quantitative estimate of drug-likeness (QED) is 0.590. The third-order valence-corrected chi connectivity index (χ3v) is 1.14. The molecule has 0 rings (SSSR count). The van der Waals surface area contributed by atoms with E-state index in [1.807, 2.05) is 7.05 Å². The molecule has 0 aliphatic rings. The van der Waals surface area contributed by atoms with Crippen LogP contribution in [0.1, 0.15) is 20.8 Å². The van der Waals surface area contributed by atoms with Crippen molar-refractivity contribution in [3.05, 3.63) is 23.3 Å². The summed E-state index contributed by atoms with van der Waals surface area (Å²) in [6.45, 7) is 7.29. The van der Waals surface area contributed by atoms with Crippen molar-refractivity contribution in [2.45, 2.75) is 20.8 Å². The van der Waals surface area contributed by atoms with Gasteiger partial charge >= 0.3 is 0 Å². The fraction of sp³-hybridized carbons (Fsp3) is 0.556. The first-order valence-electron chi connectivity index (χ1n) is 3.63. The van der Waals surface area contributed by atoms with Gasteiger partial charge in [-0.2, -0.15) is 0 Å². The van der Waals surface area contributed by atoms with Gasteiger partial charge in [-0.1, -0.05) is 23.3 Å². The SMILES string of the molecule is CNC/C=C(/C)C=C(C)C. The predicted molar refractivity (Wildman–Crippen MR) is 47.1 cm³/mol. The van der Waals surface area contributed by atoms with E-state index in [9.17, 15) is 0 Å². The molecule has 0 saturated carbocycles. The summed E-state index contributed by atoms with van der Waals surface area (Å²) in [5.74, 6) is 0. The summed E-state index contributed by atoms with van der Waals surface area (Å²) in [6, 6.07) is 0. The highest BCUT2D eigenvalue weighted by molar-refractivity contribution is 5.19. The van der Waals surface area contributed by atoms with Crippen LogP contribution in [0.2, 0.25) is 0 Å². The Bertz CT molecular complexity index is 139. The van der Waals surface area contributed by atoms with Crippen LogP contribution in [0.5, 0.6) is 0 Å². The van der Waals surface area contributed by atoms with Crippen molar-refractivity contribution in [3.63, 3.8) is 0 Å². The van der Waals surface area contributed by atoms with Gasteiger partial charge in [-0.05, 0) is 27.8 Å². The van der Waals surface area contributed by atoms with Crippen LogP contribution in [-0.2, 0) is 0 Å². The number of likely N-dealkylation sites (N-methyl/N-ethyl adjacent to an activating group) is 1. The molecule has 0 unspecified atom stereocenters. The summed E-state index contributed by atoms with van der Waals surface area (Å²) >= 11 is 0. The monoisotopic (exact) mass is 139 g/mol. The number of nitrogens with one attached hydrogen (secondary N) is 1. The van der Waals surface area contributed by atoms with E-state index in [-0.39, 0.29) is 0 Å². The van der Waals surface area contributed by atoms with Gasteiger partial charge in [0, 0.05) is 6.54 Å². The molecule has 1 heteroatoms. The Labute approximate surface area is 63.8 Å². The van der Waals surface area contributed by atoms with Gasteiger partial charge in [0.05, 0.1) is 0 Å². The third-order valence-electron chi connectivity index (χ3n) is 1.14. The zero-order valence-corrected chi connectivity index (χ0v) is 7.36. The van der Waals surface area contributed by atoms with Gasteiger partial charge in [-0.3, -0.25) is 0 Å². The highest BCUT2D eigenvalue weighted by Gasteiger charge is 1.81. The molecule has 0 atom stereocenters. The average molecular weight is 139 g/mol. The number of rotatable bonds is 3. The van der Waals surface area contributed by atoms with Crippen molar-refractivity contribution in [2.75, 3.05) is 13.6 Å². The molecule has 0 heterocycles. The van der Waals surface area contributed by atoms with Gasteiger partial charge in [0.2, 0.25) is 0 Å². The molecular weight excluding hydrogens is 122 g/mol. The molecular formula is C9H17N. The normalized spacial score (nSPS) is 11.4. The summed E-state index contributed by atoms with van der Waals surface area (Å²) in [7, 11) is 1.95. The second-order valence-electron chi connectivity index (χ2n) is 2.73. The first-order chi connectivity index (χ1) is 4.66. The van der Waals surface area contributed by atoms with E-state index >= 15 is 0 Å². The second kappa shape index (κ2) is 5.24. The lowest BCUT2D eigenvalue weighted by molar-refractivity contribution is 0.915. The zero-order valence-electron chi connectivity index (χ0n) is 7.36. The van der Waals surface area contributed by atoms with Gasteiger partial charge < -0.3 is 5.32 Å². The molecule has 10 heavy (non-hydrogen) atoms. The molecule has 0 aliphatic heterocycles. The van der Waals surface area contributed by atoms with Gasteiger partial charge in [0.1, 0.15) is 0 Å². The Kier molecular flexibility index (Phi) is 4.95. The van der Waals surface area contributed by atoms with Crippen molar-refractivity contribution in [1.29, 1.82) is 0 Å². The summed E-state index contributed by atoms with van der Waals surface area (Å²) in [6.07, 6.45) is 4.35. The maximum atomic E-state index is 3.07. The van der Waals surface area contributed by atoms with Crippen LogP contribution in [0.4, 0.5) is 0 Å². The molecule has 0 fully saturated rings. The molecule has 0 saturated heterocycles. The van der Waals surface area contributed by atoms with E-state index in [0.717, 1.165) is 6.54 Å². The van der Waals surface area contributed by atoms with Crippen LogP contribution in [0.25, 0.3) is 0 Å². The molecule has 0 radical (unpaired) electrons. The van der Waals surface area contributed by atoms with E-state index in [0.29, 0.717) is 0 Å². The van der Waals surface area contributed by atoms with Gasteiger partial charge in [-0.25, -0.2) is 0 Å². The maximum Gasteiger partial charge on any atom is 0.0137 e. The summed E-state index contributed by atoms with van der Waals surface area (Å²) in [5.41, 5.74) is 2.68. The second-order valence-corrected chi connectivity index (χ2v) is 2.73. The minimum Gasteiger partial charge on any atom is -0.316 e. The molecule has 1 N–H and O–H groups in total. The first-order valence-corrected chi connectivity index (χ1v) is 3.63. The number of allylic oxidation sites excluding steroid dienone is 3. The van der Waals surface area contributed by atoms with Crippen LogP contribution < -0.4 is 5.32 Å². The highest BCUT2D eigenvalue weighted by atomic mass is 14.8. The largest absolute Gasteiger partial charge is 0.316 e. The Morgan fingerprint density at radius 2 is 1.90 bits per heavy atom.